The fourth-order valence-corrected chi connectivity index (χ4v) is 33.5. The maximum atomic E-state index is 12.6. The summed E-state index contributed by atoms with van der Waals surface area (Å²) in [4.78, 5) is 29.8. The van der Waals surface area contributed by atoms with Gasteiger partial charge in [0.2, 0.25) is 0 Å². The number of aliphatic hydroxyl groups is 3. The Kier molecular flexibility index (Phi) is 21.8. The van der Waals surface area contributed by atoms with Gasteiger partial charge in [-0.1, -0.05) is 118 Å². The number of rotatable bonds is 17. The summed E-state index contributed by atoms with van der Waals surface area (Å²) in [6.07, 6.45) is 23.6. The summed E-state index contributed by atoms with van der Waals surface area (Å²) < 4.78 is 60.4. The lowest BCUT2D eigenvalue weighted by Gasteiger charge is -2.64. The predicted molar refractivity (Wildman–Crippen MR) is 413 cm³/mol. The first-order valence-electron chi connectivity index (χ1n) is 42.8. The molecule has 17 heteroatoms. The van der Waals surface area contributed by atoms with Crippen LogP contribution in [0.15, 0.2) is 0 Å². The van der Waals surface area contributed by atoms with E-state index in [0.29, 0.717) is 58.2 Å². The van der Waals surface area contributed by atoms with Gasteiger partial charge in [0.25, 0.3) is 0 Å². The highest BCUT2D eigenvalue weighted by Crippen LogP contribution is 2.91. The average Bonchev–Trinajstić information content (AvgIpc) is 1.46. The monoisotopic (exact) mass is 1490 g/mol. The molecule has 2 unspecified atom stereocenters. The van der Waals surface area contributed by atoms with Crippen LogP contribution in [0, 0.1) is 101 Å². The van der Waals surface area contributed by atoms with Crippen molar-refractivity contribution >= 4 is 20.3 Å². The van der Waals surface area contributed by atoms with Crippen molar-refractivity contribution in [2.75, 3.05) is 39.4 Å². The number of morpholine rings is 2. The molecule has 4 spiro atoms. The molecule has 105 heavy (non-hydrogen) atoms. The van der Waals surface area contributed by atoms with E-state index in [2.05, 4.69) is 99.8 Å². The fourth-order valence-electron chi connectivity index (χ4n) is 30.6. The third-order valence-electron chi connectivity index (χ3n) is 36.4. The van der Waals surface area contributed by atoms with Gasteiger partial charge >= 0.3 is 11.9 Å². The molecule has 0 radical (unpaired) electrons. The van der Waals surface area contributed by atoms with Gasteiger partial charge in [-0.25, -0.2) is 0 Å². The maximum absolute atomic E-state index is 12.6. The van der Waals surface area contributed by atoms with Gasteiger partial charge in [0, 0.05) is 62.9 Å². The molecule has 0 bridgehead atoms. The Balaban J connectivity index is 0.000000184. The Hall–Kier alpha value is -1.32. The highest BCUT2D eigenvalue weighted by molar-refractivity contribution is 6.73. The molecule has 28 atom stereocenters. The summed E-state index contributed by atoms with van der Waals surface area (Å²) in [5, 5.41) is 35.0. The maximum Gasteiger partial charge on any atom is 0.303 e. The van der Waals surface area contributed by atoms with Crippen molar-refractivity contribution in [2.24, 2.45) is 101 Å². The van der Waals surface area contributed by atoms with E-state index >= 15 is 0 Å². The summed E-state index contributed by atoms with van der Waals surface area (Å²) in [6, 6.07) is 4.80. The number of nitrogens with zero attached hydrogens (tertiary/aromatic N) is 2. The molecular weight excluding hydrogens is 1340 g/mol. The van der Waals surface area contributed by atoms with Crippen molar-refractivity contribution in [3.8, 4) is 0 Å². The Morgan fingerprint density at radius 3 is 1.30 bits per heavy atom. The second kappa shape index (κ2) is 28.0. The van der Waals surface area contributed by atoms with Crippen molar-refractivity contribution in [2.45, 2.75) is 403 Å². The molecule has 16 aliphatic rings. The number of carbonyl (C=O) groups is 2. The van der Waals surface area contributed by atoms with Crippen LogP contribution in [0.5, 0.6) is 0 Å². The Morgan fingerprint density at radius 1 is 0.533 bits per heavy atom. The van der Waals surface area contributed by atoms with E-state index in [1.807, 2.05) is 0 Å². The molecule has 0 aromatic heterocycles. The normalized spacial score (nSPS) is 48.6. The first-order chi connectivity index (χ1) is 48.4. The van der Waals surface area contributed by atoms with Crippen LogP contribution in [0.25, 0.3) is 0 Å². The molecular formula is C88H152N2O14Si. The molecule has 3 N–H and O–H groups in total. The zero-order valence-corrected chi connectivity index (χ0v) is 68.8. The predicted octanol–water partition coefficient (Wildman–Crippen LogP) is 16.5. The topological polar surface area (TPSA) is 184 Å². The van der Waals surface area contributed by atoms with E-state index in [1.54, 1.807) is 27.7 Å². The molecule has 4 heterocycles. The van der Waals surface area contributed by atoms with Gasteiger partial charge in [0.15, 0.2) is 33.1 Å². The second-order valence-corrected chi connectivity index (χ2v) is 46.5. The SMILES string of the molecule is C.C.CC(=O)O[C@@H]([C@H]1C[C@@H](C)[C@H]2[C@H](O1)[C@H](O)[C@@]1(C)[C@@H]3CC[C@H]4C(C)(C)[C@@H](O[C@H]5CN(C6CCC6)CCO5)CC[C@@]45CC35CC[C@]21C)C(C)(C)O.CC[Si](CC)(CC)O[C@H]1[C@H]2O[C@@H]([C@H](OC(C)=O)C(C)(C)O)C[C@@H](C)[C@@H]2[C@@]2(C)CCC34C[C@@]35CC[C@H](O[C@H]3CN(C6CCC6)CCO3)C(C)(C)[C@@H]5CC[C@H]4[C@]12C. The Morgan fingerprint density at radius 2 is 0.914 bits per heavy atom. The summed E-state index contributed by atoms with van der Waals surface area (Å²) in [7, 11) is -2.06. The van der Waals surface area contributed by atoms with E-state index in [1.165, 1.54) is 117 Å². The van der Waals surface area contributed by atoms with Crippen LogP contribution in [-0.4, -0.2) is 182 Å². The van der Waals surface area contributed by atoms with E-state index in [0.717, 1.165) is 102 Å². The average molecular weight is 1490 g/mol. The van der Waals surface area contributed by atoms with E-state index in [-0.39, 0.29) is 120 Å². The fraction of sp³-hybridized carbons (Fsp3) is 0.977. The highest BCUT2D eigenvalue weighted by Gasteiger charge is 2.87. The van der Waals surface area contributed by atoms with E-state index in [9.17, 15) is 24.9 Å². The number of hydrogen-bond donors (Lipinski definition) is 3. The third-order valence-corrected chi connectivity index (χ3v) is 41.0. The lowest BCUT2D eigenvalue weighted by Crippen LogP contribution is -2.61. The van der Waals surface area contributed by atoms with Gasteiger partial charge < -0.3 is 57.6 Å². The van der Waals surface area contributed by atoms with Gasteiger partial charge in [-0.2, -0.15) is 0 Å². The molecule has 16 nitrogen and oxygen atoms in total. The number of carbonyl (C=O) groups excluding carboxylic acids is 2. The Bertz CT molecular complexity index is 3120. The van der Waals surface area contributed by atoms with Crippen molar-refractivity contribution in [1.82, 2.24) is 9.80 Å². The minimum absolute atomic E-state index is 0. The molecule has 16 fully saturated rings. The van der Waals surface area contributed by atoms with Gasteiger partial charge in [-0.15, -0.1) is 0 Å². The zero-order chi connectivity index (χ0) is 73.8. The van der Waals surface area contributed by atoms with Crippen LogP contribution in [0.4, 0.5) is 0 Å². The lowest BCUT2D eigenvalue weighted by molar-refractivity contribution is -0.252. The molecule has 0 aromatic rings. The number of aliphatic hydroxyl groups excluding tert-OH is 1. The van der Waals surface area contributed by atoms with Crippen LogP contribution >= 0.6 is 0 Å². The first-order valence-corrected chi connectivity index (χ1v) is 45.4. The molecule has 602 valence electrons. The highest BCUT2D eigenvalue weighted by atomic mass is 28.4. The van der Waals surface area contributed by atoms with Crippen LogP contribution in [-0.2, 0) is 51.9 Å². The standard InChI is InChI=1S/C46H79NO7Si.C40H65NO7.2CH4/c1-12-55(13-2,14-3)54-40-38-37(29(4)26-32(52-38)39(42(8,9)49)51-30(5)48)43(10)22-23-46-28-45(46)21-20-35(41(6,7)33(45)18-19-34(46)44(40,43)11)53-36-27-47(24-25-50-36)31-16-15-17-31;1-23-20-26(34(36(5,6)44)46-24(2)42)47-32-31(23)37(7)16-17-40-22-39(40)15-14-29(48-30-21-41(18-19-45-30)25-10-9-11-25)35(3,4)27(39)12-13-28(40)38(37,8)33(32)43;;/h29,31-40,49H,12-28H2,1-11H3;23,25-34,43-44H,9-22H2,1-8H3;2*1H4/t29-,32-,33+,34+,35+,36+,37+,38+,39+,40+,43-,44-,45-,46?;23-,26-,27+,28+,29+,30+,31+,32+,33+,34+,37-,38-,39-,40?;;/m11../s1. The van der Waals surface area contributed by atoms with Crippen LogP contribution in [0.3, 0.4) is 0 Å². The summed E-state index contributed by atoms with van der Waals surface area (Å²) in [5.74, 6) is 2.76. The first kappa shape index (κ1) is 81.7. The van der Waals surface area contributed by atoms with Gasteiger partial charge in [0.05, 0.1) is 73.2 Å². The second-order valence-electron chi connectivity index (χ2n) is 41.8. The number of hydrogen-bond acceptors (Lipinski definition) is 16. The number of ether oxygens (including phenoxy) is 8. The molecule has 0 aromatic carbocycles. The van der Waals surface area contributed by atoms with E-state index < -0.39 is 49.9 Å². The number of esters is 2. The molecule has 0 amide bonds. The largest absolute Gasteiger partial charge is 0.457 e. The minimum Gasteiger partial charge on any atom is -0.457 e. The quantitative estimate of drug-likeness (QED) is 0.0922. The van der Waals surface area contributed by atoms with Crippen LogP contribution in [0.2, 0.25) is 18.1 Å². The van der Waals surface area contributed by atoms with Crippen molar-refractivity contribution in [3.05, 3.63) is 0 Å². The summed E-state index contributed by atoms with van der Waals surface area (Å²) >= 11 is 0. The van der Waals surface area contributed by atoms with Crippen molar-refractivity contribution in [1.29, 1.82) is 0 Å². The molecule has 16 rings (SSSR count). The van der Waals surface area contributed by atoms with Crippen molar-refractivity contribution < 1.29 is 67.2 Å². The van der Waals surface area contributed by atoms with Gasteiger partial charge in [-0.3, -0.25) is 19.4 Å². The minimum atomic E-state index is -2.06. The Labute approximate surface area is 637 Å². The van der Waals surface area contributed by atoms with Crippen molar-refractivity contribution in [3.63, 3.8) is 0 Å². The third kappa shape index (κ3) is 12.1. The lowest BCUT2D eigenvalue weighted by atomic mass is 9.41. The summed E-state index contributed by atoms with van der Waals surface area (Å²) in [6.45, 7) is 47.3. The smallest absolute Gasteiger partial charge is 0.303 e. The van der Waals surface area contributed by atoms with E-state index in [4.69, 9.17) is 42.3 Å². The summed E-state index contributed by atoms with van der Waals surface area (Å²) in [5.41, 5.74) is -1.24. The number of fused-ring (bicyclic) bond motifs is 8. The van der Waals surface area contributed by atoms with Gasteiger partial charge in [0.1, 0.15) is 0 Å². The van der Waals surface area contributed by atoms with Gasteiger partial charge in [-0.05, 0) is 265 Å². The van der Waals surface area contributed by atoms with Crippen LogP contribution < -0.4 is 0 Å². The molecule has 12 aliphatic carbocycles. The molecule has 12 saturated carbocycles. The molecule has 4 saturated heterocycles. The zero-order valence-electron chi connectivity index (χ0n) is 67.8. The molecule has 4 aliphatic heterocycles. The van der Waals surface area contributed by atoms with Crippen LogP contribution in [0.1, 0.15) is 288 Å².